The molecule has 9 heteroatoms. The average molecular weight is 378 g/mol. The Labute approximate surface area is 154 Å². The summed E-state index contributed by atoms with van der Waals surface area (Å²) in [6.07, 6.45) is -1.59. The Morgan fingerprint density at radius 1 is 1.33 bits per heavy atom. The molecule has 0 N–H and O–H groups in total. The lowest BCUT2D eigenvalue weighted by molar-refractivity contribution is -0.143. The first kappa shape index (κ1) is 20.2. The molecule has 0 saturated carbocycles. The van der Waals surface area contributed by atoms with E-state index >= 15 is 0 Å². The highest BCUT2D eigenvalue weighted by atomic mass is 19.4. The first-order valence-corrected chi connectivity index (χ1v) is 8.13. The number of halogens is 3. The molecule has 0 atom stereocenters. The SMILES string of the molecule is CCOC(=O)CCN(Cc1cccnc1)c1nc(C(F)(F)F)ccc1C#N. The van der Waals surface area contributed by atoms with Crippen LogP contribution in [0.25, 0.3) is 0 Å². The van der Waals surface area contributed by atoms with Crippen molar-refractivity contribution in [2.24, 2.45) is 0 Å². The molecular weight excluding hydrogens is 361 g/mol. The summed E-state index contributed by atoms with van der Waals surface area (Å²) in [5.41, 5.74) is -0.427. The summed E-state index contributed by atoms with van der Waals surface area (Å²) in [7, 11) is 0. The molecule has 142 valence electrons. The third-order valence-electron chi connectivity index (χ3n) is 3.57. The van der Waals surface area contributed by atoms with Gasteiger partial charge in [0.1, 0.15) is 17.6 Å². The highest BCUT2D eigenvalue weighted by molar-refractivity contribution is 5.70. The van der Waals surface area contributed by atoms with E-state index in [4.69, 9.17) is 4.74 Å². The van der Waals surface area contributed by atoms with Crippen molar-refractivity contribution in [3.63, 3.8) is 0 Å². The van der Waals surface area contributed by atoms with Crippen molar-refractivity contribution in [2.45, 2.75) is 26.1 Å². The zero-order valence-electron chi connectivity index (χ0n) is 14.5. The fourth-order valence-corrected chi connectivity index (χ4v) is 2.37. The number of pyridine rings is 2. The summed E-state index contributed by atoms with van der Waals surface area (Å²) >= 11 is 0. The molecule has 0 saturated heterocycles. The number of carbonyl (C=O) groups is 1. The van der Waals surface area contributed by atoms with Crippen LogP contribution in [-0.4, -0.2) is 29.1 Å². The van der Waals surface area contributed by atoms with E-state index < -0.39 is 17.8 Å². The van der Waals surface area contributed by atoms with Gasteiger partial charge in [0.25, 0.3) is 0 Å². The molecule has 0 fully saturated rings. The maximum absolute atomic E-state index is 13.1. The van der Waals surface area contributed by atoms with E-state index in [1.165, 1.54) is 4.90 Å². The van der Waals surface area contributed by atoms with Crippen LogP contribution in [0.2, 0.25) is 0 Å². The largest absolute Gasteiger partial charge is 0.466 e. The Morgan fingerprint density at radius 3 is 2.70 bits per heavy atom. The van der Waals surface area contributed by atoms with Crippen LogP contribution < -0.4 is 4.90 Å². The predicted octanol–water partition coefficient (Wildman–Crippen LogP) is 3.33. The van der Waals surface area contributed by atoms with E-state index in [-0.39, 0.29) is 37.5 Å². The molecule has 0 spiro atoms. The molecule has 0 aliphatic carbocycles. The average Bonchev–Trinajstić information content (AvgIpc) is 2.65. The van der Waals surface area contributed by atoms with Gasteiger partial charge < -0.3 is 9.64 Å². The first-order chi connectivity index (χ1) is 12.8. The highest BCUT2D eigenvalue weighted by Crippen LogP contribution is 2.31. The molecule has 0 aliphatic rings. The molecule has 27 heavy (non-hydrogen) atoms. The predicted molar refractivity (Wildman–Crippen MR) is 90.5 cm³/mol. The van der Waals surface area contributed by atoms with Gasteiger partial charge in [-0.05, 0) is 30.7 Å². The van der Waals surface area contributed by atoms with Crippen LogP contribution in [0.4, 0.5) is 19.0 Å². The molecular formula is C18H17F3N4O2. The van der Waals surface area contributed by atoms with Gasteiger partial charge in [-0.15, -0.1) is 0 Å². The second kappa shape index (κ2) is 8.98. The van der Waals surface area contributed by atoms with E-state index in [1.807, 2.05) is 6.07 Å². The van der Waals surface area contributed by atoms with Gasteiger partial charge in [-0.25, -0.2) is 4.98 Å². The number of anilines is 1. The molecule has 0 aliphatic heterocycles. The summed E-state index contributed by atoms with van der Waals surface area (Å²) in [6, 6.07) is 7.11. The van der Waals surface area contributed by atoms with Crippen LogP contribution in [0, 0.1) is 11.3 Å². The van der Waals surface area contributed by atoms with Crippen LogP contribution >= 0.6 is 0 Å². The zero-order chi connectivity index (χ0) is 19.9. The van der Waals surface area contributed by atoms with Gasteiger partial charge in [-0.1, -0.05) is 6.07 Å². The number of aromatic nitrogens is 2. The lowest BCUT2D eigenvalue weighted by Crippen LogP contribution is -2.28. The summed E-state index contributed by atoms with van der Waals surface area (Å²) < 4.78 is 44.1. The van der Waals surface area contributed by atoms with Crippen molar-refractivity contribution in [3.8, 4) is 6.07 Å². The number of nitriles is 1. The molecule has 2 heterocycles. The first-order valence-electron chi connectivity index (χ1n) is 8.13. The van der Waals surface area contributed by atoms with Gasteiger partial charge in [0, 0.05) is 25.5 Å². The summed E-state index contributed by atoms with van der Waals surface area (Å²) in [6.45, 7) is 2.03. The van der Waals surface area contributed by atoms with Crippen molar-refractivity contribution in [1.82, 2.24) is 9.97 Å². The minimum absolute atomic E-state index is 0.0178. The fourth-order valence-electron chi connectivity index (χ4n) is 2.37. The number of ether oxygens (including phenoxy) is 1. The Morgan fingerprint density at radius 2 is 2.11 bits per heavy atom. The van der Waals surface area contributed by atoms with Crippen molar-refractivity contribution < 1.29 is 22.7 Å². The molecule has 0 bridgehead atoms. The Bertz CT molecular complexity index is 820. The number of alkyl halides is 3. The second-order valence-electron chi connectivity index (χ2n) is 5.52. The van der Waals surface area contributed by atoms with Gasteiger partial charge in [0.2, 0.25) is 0 Å². The summed E-state index contributed by atoms with van der Waals surface area (Å²) in [5.74, 6) is -0.625. The molecule has 0 amide bonds. The maximum Gasteiger partial charge on any atom is 0.433 e. The van der Waals surface area contributed by atoms with Crippen LogP contribution in [0.15, 0.2) is 36.7 Å². The number of rotatable bonds is 7. The van der Waals surface area contributed by atoms with Crippen LogP contribution in [0.5, 0.6) is 0 Å². The van der Waals surface area contributed by atoms with Gasteiger partial charge in [-0.2, -0.15) is 18.4 Å². The lowest BCUT2D eigenvalue weighted by Gasteiger charge is -2.25. The maximum atomic E-state index is 13.1. The van der Waals surface area contributed by atoms with E-state index in [1.54, 1.807) is 31.5 Å². The second-order valence-corrected chi connectivity index (χ2v) is 5.52. The Hall–Kier alpha value is -3.15. The Kier molecular flexibility index (Phi) is 6.71. The van der Waals surface area contributed by atoms with E-state index in [2.05, 4.69) is 9.97 Å². The zero-order valence-corrected chi connectivity index (χ0v) is 14.5. The number of esters is 1. The van der Waals surface area contributed by atoms with E-state index in [0.29, 0.717) is 5.56 Å². The monoisotopic (exact) mass is 378 g/mol. The van der Waals surface area contributed by atoms with Gasteiger partial charge in [0.05, 0.1) is 18.6 Å². The third kappa shape index (κ3) is 5.67. The normalized spacial score (nSPS) is 10.9. The standard InChI is InChI=1S/C18H17F3N4O2/c1-2-27-16(26)7-9-25(12-13-4-3-8-23-11-13)17-14(10-22)5-6-15(24-17)18(19,20)21/h3-6,8,11H,2,7,9,12H2,1H3. The summed E-state index contributed by atoms with van der Waals surface area (Å²) in [4.78, 5) is 20.7. The number of hydrogen-bond donors (Lipinski definition) is 0. The fraction of sp³-hybridized carbons (Fsp3) is 0.333. The molecule has 0 aromatic carbocycles. The Balaban J connectivity index is 2.39. The highest BCUT2D eigenvalue weighted by Gasteiger charge is 2.33. The van der Waals surface area contributed by atoms with Crippen LogP contribution in [0.1, 0.15) is 30.2 Å². The minimum atomic E-state index is -4.65. The number of nitrogens with zero attached hydrogens (tertiary/aromatic N) is 4. The van der Waals surface area contributed by atoms with E-state index in [0.717, 1.165) is 12.1 Å². The van der Waals surface area contributed by atoms with Crippen molar-refractivity contribution in [1.29, 1.82) is 5.26 Å². The topological polar surface area (TPSA) is 79.1 Å². The van der Waals surface area contributed by atoms with Crippen LogP contribution in [0.3, 0.4) is 0 Å². The molecule has 2 aromatic heterocycles. The quantitative estimate of drug-likeness (QED) is 0.688. The minimum Gasteiger partial charge on any atom is -0.466 e. The lowest BCUT2D eigenvalue weighted by atomic mass is 10.2. The number of hydrogen-bond acceptors (Lipinski definition) is 6. The van der Waals surface area contributed by atoms with Gasteiger partial charge in [-0.3, -0.25) is 9.78 Å². The van der Waals surface area contributed by atoms with Crippen LogP contribution in [-0.2, 0) is 22.3 Å². The molecule has 0 radical (unpaired) electrons. The third-order valence-corrected chi connectivity index (χ3v) is 3.57. The molecule has 6 nitrogen and oxygen atoms in total. The van der Waals surface area contributed by atoms with Gasteiger partial charge >= 0.3 is 12.1 Å². The smallest absolute Gasteiger partial charge is 0.433 e. The van der Waals surface area contributed by atoms with Crippen molar-refractivity contribution in [2.75, 3.05) is 18.1 Å². The molecule has 2 aromatic rings. The van der Waals surface area contributed by atoms with Crippen molar-refractivity contribution in [3.05, 3.63) is 53.5 Å². The number of carbonyl (C=O) groups excluding carboxylic acids is 1. The van der Waals surface area contributed by atoms with Crippen molar-refractivity contribution >= 4 is 11.8 Å². The van der Waals surface area contributed by atoms with Gasteiger partial charge in [0.15, 0.2) is 0 Å². The summed E-state index contributed by atoms with van der Waals surface area (Å²) in [5, 5.41) is 9.29. The molecule has 0 unspecified atom stereocenters. The van der Waals surface area contributed by atoms with E-state index in [9.17, 15) is 23.2 Å². The molecule has 2 rings (SSSR count).